The van der Waals surface area contributed by atoms with Gasteiger partial charge in [-0.2, -0.15) is 0 Å². The van der Waals surface area contributed by atoms with Crippen LogP contribution in [0.25, 0.3) is 0 Å². The smallest absolute Gasteiger partial charge is 0.289 e. The summed E-state index contributed by atoms with van der Waals surface area (Å²) < 4.78 is 7.31. The van der Waals surface area contributed by atoms with E-state index in [-0.39, 0.29) is 11.8 Å². The van der Waals surface area contributed by atoms with Crippen LogP contribution in [0.4, 0.5) is 0 Å². The van der Waals surface area contributed by atoms with E-state index in [2.05, 4.69) is 9.97 Å². The summed E-state index contributed by atoms with van der Waals surface area (Å²) in [6.07, 6.45) is 7.05. The van der Waals surface area contributed by atoms with E-state index in [0.29, 0.717) is 44.4 Å². The fourth-order valence-corrected chi connectivity index (χ4v) is 3.91. The zero-order valence-electron chi connectivity index (χ0n) is 16.8. The minimum absolute atomic E-state index is 0.0857. The van der Waals surface area contributed by atoms with Gasteiger partial charge in [0, 0.05) is 45.6 Å². The monoisotopic (exact) mass is 397 g/mol. The molecule has 154 valence electrons. The standard InChI is InChI=1S/C21H27N5O3/c1-24(11-7-16-5-8-22-9-6-16)21(28)19-23-18(17-4-2-3-10-26(17)19)20(27)25-12-14-29-15-13-25/h5-6,8-9H,2-4,7,10-15H2,1H3. The van der Waals surface area contributed by atoms with Crippen LogP contribution in [0.5, 0.6) is 0 Å². The third kappa shape index (κ3) is 4.17. The highest BCUT2D eigenvalue weighted by atomic mass is 16.5. The number of amides is 2. The lowest BCUT2D eigenvalue weighted by Crippen LogP contribution is -2.41. The maximum absolute atomic E-state index is 13.1. The Morgan fingerprint density at radius 2 is 1.90 bits per heavy atom. The molecule has 2 aromatic heterocycles. The zero-order chi connectivity index (χ0) is 20.2. The summed E-state index contributed by atoms with van der Waals surface area (Å²) in [5, 5.41) is 0. The molecule has 2 aliphatic rings. The minimum atomic E-state index is -0.136. The van der Waals surface area contributed by atoms with Crippen molar-refractivity contribution in [1.29, 1.82) is 0 Å². The van der Waals surface area contributed by atoms with Crippen molar-refractivity contribution in [2.75, 3.05) is 39.9 Å². The fraction of sp³-hybridized carbons (Fsp3) is 0.524. The number of nitrogens with zero attached hydrogens (tertiary/aromatic N) is 5. The Morgan fingerprint density at radius 1 is 1.14 bits per heavy atom. The molecule has 0 atom stereocenters. The first-order chi connectivity index (χ1) is 14.1. The van der Waals surface area contributed by atoms with Crippen molar-refractivity contribution < 1.29 is 14.3 Å². The number of hydrogen-bond acceptors (Lipinski definition) is 5. The van der Waals surface area contributed by atoms with Crippen LogP contribution in [0.2, 0.25) is 0 Å². The topological polar surface area (TPSA) is 80.6 Å². The van der Waals surface area contributed by atoms with Crippen molar-refractivity contribution in [2.24, 2.45) is 0 Å². The Morgan fingerprint density at radius 3 is 2.66 bits per heavy atom. The predicted octanol–water partition coefficient (Wildman–Crippen LogP) is 1.40. The van der Waals surface area contributed by atoms with Crippen molar-refractivity contribution in [3.05, 3.63) is 47.3 Å². The second-order valence-electron chi connectivity index (χ2n) is 7.58. The van der Waals surface area contributed by atoms with Crippen molar-refractivity contribution in [3.63, 3.8) is 0 Å². The summed E-state index contributed by atoms with van der Waals surface area (Å²) in [5.74, 6) is 0.161. The van der Waals surface area contributed by atoms with Gasteiger partial charge >= 0.3 is 0 Å². The summed E-state index contributed by atoms with van der Waals surface area (Å²) in [5.41, 5.74) is 2.48. The van der Waals surface area contributed by atoms with Gasteiger partial charge in [-0.15, -0.1) is 0 Å². The summed E-state index contributed by atoms with van der Waals surface area (Å²) in [6, 6.07) is 3.91. The van der Waals surface area contributed by atoms with Crippen LogP contribution < -0.4 is 0 Å². The first-order valence-electron chi connectivity index (χ1n) is 10.3. The maximum Gasteiger partial charge on any atom is 0.289 e. The number of aromatic nitrogens is 3. The van der Waals surface area contributed by atoms with E-state index < -0.39 is 0 Å². The Hall–Kier alpha value is -2.74. The number of hydrogen-bond donors (Lipinski definition) is 0. The van der Waals surface area contributed by atoms with Crippen LogP contribution in [0.15, 0.2) is 24.5 Å². The van der Waals surface area contributed by atoms with E-state index >= 15 is 0 Å². The van der Waals surface area contributed by atoms with Crippen LogP contribution in [-0.2, 0) is 24.1 Å². The lowest BCUT2D eigenvalue weighted by atomic mass is 10.1. The van der Waals surface area contributed by atoms with Crippen molar-refractivity contribution in [2.45, 2.75) is 32.2 Å². The van der Waals surface area contributed by atoms with Gasteiger partial charge in [-0.05, 0) is 43.4 Å². The fourth-order valence-electron chi connectivity index (χ4n) is 3.91. The van der Waals surface area contributed by atoms with Crippen LogP contribution >= 0.6 is 0 Å². The van der Waals surface area contributed by atoms with Crippen LogP contribution in [-0.4, -0.2) is 76.0 Å². The molecule has 0 N–H and O–H groups in total. The van der Waals surface area contributed by atoms with Crippen molar-refractivity contribution >= 4 is 11.8 Å². The summed E-state index contributed by atoms with van der Waals surface area (Å²) in [7, 11) is 1.79. The number of ether oxygens (including phenoxy) is 1. The first kappa shape index (κ1) is 19.6. The van der Waals surface area contributed by atoms with Gasteiger partial charge in [-0.1, -0.05) is 0 Å². The molecule has 8 nitrogen and oxygen atoms in total. The molecule has 2 amide bonds. The average Bonchev–Trinajstić information content (AvgIpc) is 3.17. The number of likely N-dealkylation sites (N-methyl/N-ethyl adjacent to an activating group) is 1. The van der Waals surface area contributed by atoms with Crippen molar-refractivity contribution in [3.8, 4) is 0 Å². The zero-order valence-corrected chi connectivity index (χ0v) is 16.8. The highest BCUT2D eigenvalue weighted by Crippen LogP contribution is 2.23. The minimum Gasteiger partial charge on any atom is -0.378 e. The molecule has 0 unspecified atom stereocenters. The van der Waals surface area contributed by atoms with Crippen LogP contribution in [0, 0.1) is 0 Å². The molecule has 0 aromatic carbocycles. The number of morpholine rings is 1. The second-order valence-corrected chi connectivity index (χ2v) is 7.58. The largest absolute Gasteiger partial charge is 0.378 e. The van der Waals surface area contributed by atoms with Gasteiger partial charge in [0.15, 0.2) is 5.82 Å². The molecule has 0 aliphatic carbocycles. The van der Waals surface area contributed by atoms with Gasteiger partial charge in [0.1, 0.15) is 5.69 Å². The predicted molar refractivity (Wildman–Crippen MR) is 107 cm³/mol. The van der Waals surface area contributed by atoms with Gasteiger partial charge in [-0.3, -0.25) is 14.6 Å². The molecule has 0 bridgehead atoms. The number of carbonyl (C=O) groups excluding carboxylic acids is 2. The average molecular weight is 397 g/mol. The molecule has 4 rings (SSSR count). The number of rotatable bonds is 5. The third-order valence-corrected chi connectivity index (χ3v) is 5.64. The highest BCUT2D eigenvalue weighted by molar-refractivity contribution is 5.97. The lowest BCUT2D eigenvalue weighted by molar-refractivity contribution is 0.0298. The van der Waals surface area contributed by atoms with E-state index in [0.717, 1.165) is 43.5 Å². The van der Waals surface area contributed by atoms with Gasteiger partial charge in [-0.25, -0.2) is 4.98 Å². The molecule has 29 heavy (non-hydrogen) atoms. The summed E-state index contributed by atoms with van der Waals surface area (Å²) in [6.45, 7) is 3.55. The number of carbonyl (C=O) groups is 2. The molecule has 0 radical (unpaired) electrons. The molecule has 8 heteroatoms. The van der Waals surface area contributed by atoms with Gasteiger partial charge in [0.25, 0.3) is 11.8 Å². The molecule has 1 saturated heterocycles. The molecular weight excluding hydrogens is 370 g/mol. The van der Waals surface area contributed by atoms with E-state index in [1.165, 1.54) is 0 Å². The molecule has 4 heterocycles. The Balaban J connectivity index is 1.54. The Labute approximate surface area is 170 Å². The quantitative estimate of drug-likeness (QED) is 0.762. The number of fused-ring (bicyclic) bond motifs is 1. The van der Waals surface area contributed by atoms with E-state index in [4.69, 9.17) is 4.74 Å². The van der Waals surface area contributed by atoms with Crippen LogP contribution in [0.1, 0.15) is 45.2 Å². The van der Waals surface area contributed by atoms with Crippen molar-refractivity contribution in [1.82, 2.24) is 24.3 Å². The van der Waals surface area contributed by atoms with Gasteiger partial charge in [0.2, 0.25) is 0 Å². The number of imidazole rings is 1. The number of pyridine rings is 1. The third-order valence-electron chi connectivity index (χ3n) is 5.64. The van der Waals surface area contributed by atoms with Gasteiger partial charge in [0.05, 0.1) is 18.9 Å². The molecule has 0 spiro atoms. The first-order valence-corrected chi connectivity index (χ1v) is 10.3. The SMILES string of the molecule is CN(CCc1ccncc1)C(=O)c1nc(C(=O)N2CCOCC2)c2n1CCCC2. The second kappa shape index (κ2) is 8.73. The lowest BCUT2D eigenvalue weighted by Gasteiger charge is -2.26. The molecule has 0 saturated carbocycles. The molecule has 2 aliphatic heterocycles. The molecule has 1 fully saturated rings. The maximum atomic E-state index is 13.1. The Bertz CT molecular complexity index is 874. The van der Waals surface area contributed by atoms with E-state index in [1.807, 2.05) is 16.7 Å². The summed E-state index contributed by atoms with van der Waals surface area (Å²) in [4.78, 5) is 38.3. The van der Waals surface area contributed by atoms with E-state index in [9.17, 15) is 9.59 Å². The summed E-state index contributed by atoms with van der Waals surface area (Å²) >= 11 is 0. The highest BCUT2D eigenvalue weighted by Gasteiger charge is 2.31. The Kier molecular flexibility index (Phi) is 5.89. The molecule has 2 aromatic rings. The van der Waals surface area contributed by atoms with E-state index in [1.54, 1.807) is 29.2 Å². The normalized spacial score (nSPS) is 16.4. The van der Waals surface area contributed by atoms with Crippen LogP contribution in [0.3, 0.4) is 0 Å². The molecular formula is C21H27N5O3. The van der Waals surface area contributed by atoms with Gasteiger partial charge < -0.3 is 19.1 Å².